The van der Waals surface area contributed by atoms with Crippen molar-refractivity contribution in [2.45, 2.75) is 5.75 Å². The second-order valence-electron chi connectivity index (χ2n) is 3.57. The van der Waals surface area contributed by atoms with Gasteiger partial charge >= 0.3 is 0 Å². The summed E-state index contributed by atoms with van der Waals surface area (Å²) >= 11 is 0. The van der Waals surface area contributed by atoms with Crippen LogP contribution in [0.1, 0.15) is 5.56 Å². The topological polar surface area (TPSA) is 56.0 Å². The predicted octanol–water partition coefficient (Wildman–Crippen LogP) is 1.44. The van der Waals surface area contributed by atoms with Crippen LogP contribution in [0.4, 0.5) is 0 Å². The third-order valence-corrected chi connectivity index (χ3v) is 3.70. The highest BCUT2D eigenvalue weighted by atomic mass is 32.2. The summed E-state index contributed by atoms with van der Waals surface area (Å²) in [5.41, 5.74) is 7.36. The normalized spacial score (nSPS) is 12.8. The van der Waals surface area contributed by atoms with Gasteiger partial charge in [-0.15, -0.1) is 0 Å². The van der Waals surface area contributed by atoms with Crippen molar-refractivity contribution < 1.29 is 4.21 Å². The van der Waals surface area contributed by atoms with E-state index in [0.29, 0.717) is 18.1 Å². The molecule has 0 saturated carbocycles. The fourth-order valence-electron chi connectivity index (χ4n) is 1.66. The molecule has 1 aromatic heterocycles. The van der Waals surface area contributed by atoms with Crippen LogP contribution in [0.15, 0.2) is 36.5 Å². The van der Waals surface area contributed by atoms with E-state index < -0.39 is 10.8 Å². The zero-order valence-electron chi connectivity index (χ0n) is 8.93. The van der Waals surface area contributed by atoms with Gasteiger partial charge in [0.2, 0.25) is 0 Å². The van der Waals surface area contributed by atoms with Crippen LogP contribution in [0.2, 0.25) is 0 Å². The van der Waals surface area contributed by atoms with Crippen molar-refractivity contribution in [2.24, 2.45) is 5.73 Å². The van der Waals surface area contributed by atoms with Crippen LogP contribution < -0.4 is 5.73 Å². The minimum Gasteiger partial charge on any atom is -0.330 e. The zero-order chi connectivity index (χ0) is 11.4. The van der Waals surface area contributed by atoms with Gasteiger partial charge in [-0.3, -0.25) is 9.19 Å². The van der Waals surface area contributed by atoms with Crippen molar-refractivity contribution in [3.05, 3.63) is 42.1 Å². The van der Waals surface area contributed by atoms with Crippen molar-refractivity contribution in [3.63, 3.8) is 0 Å². The van der Waals surface area contributed by atoms with Crippen LogP contribution in [0.5, 0.6) is 0 Å². The lowest BCUT2D eigenvalue weighted by atomic mass is 10.1. The predicted molar refractivity (Wildman–Crippen MR) is 67.5 cm³/mol. The van der Waals surface area contributed by atoms with E-state index in [4.69, 9.17) is 5.73 Å². The molecule has 0 fully saturated rings. The van der Waals surface area contributed by atoms with Crippen LogP contribution in [-0.4, -0.2) is 21.5 Å². The Morgan fingerprint density at radius 1 is 1.25 bits per heavy atom. The molecule has 2 rings (SSSR count). The zero-order valence-corrected chi connectivity index (χ0v) is 9.74. The van der Waals surface area contributed by atoms with E-state index in [1.54, 1.807) is 6.20 Å². The van der Waals surface area contributed by atoms with E-state index >= 15 is 0 Å². The number of benzene rings is 1. The molecular formula is C12H14N2OS. The number of rotatable bonds is 4. The molecule has 2 N–H and O–H groups in total. The maximum atomic E-state index is 11.7. The summed E-state index contributed by atoms with van der Waals surface area (Å²) in [4.78, 5) is 4.33. The molecule has 0 aliphatic carbocycles. The molecule has 4 heteroatoms. The maximum absolute atomic E-state index is 11.7. The highest BCUT2D eigenvalue weighted by Crippen LogP contribution is 2.17. The lowest BCUT2D eigenvalue weighted by Gasteiger charge is -2.04. The SMILES string of the molecule is NCCS(=O)Cc1cccc2cccnc12. The Labute approximate surface area is 97.1 Å². The van der Waals surface area contributed by atoms with Gasteiger partial charge in [0.15, 0.2) is 0 Å². The summed E-state index contributed by atoms with van der Waals surface area (Å²) in [6.07, 6.45) is 1.76. The first-order chi connectivity index (χ1) is 7.81. The van der Waals surface area contributed by atoms with Gasteiger partial charge in [-0.1, -0.05) is 24.3 Å². The first-order valence-corrected chi connectivity index (χ1v) is 6.68. The number of fused-ring (bicyclic) bond motifs is 1. The highest BCUT2D eigenvalue weighted by Gasteiger charge is 2.05. The Kier molecular flexibility index (Phi) is 3.64. The highest BCUT2D eigenvalue weighted by molar-refractivity contribution is 7.84. The quantitative estimate of drug-likeness (QED) is 0.871. The molecule has 0 aliphatic rings. The average molecular weight is 234 g/mol. The smallest absolute Gasteiger partial charge is 0.0743 e. The molecule has 1 heterocycles. The van der Waals surface area contributed by atoms with Crippen molar-refractivity contribution in [3.8, 4) is 0 Å². The van der Waals surface area contributed by atoms with Gasteiger partial charge < -0.3 is 5.73 Å². The molecule has 0 amide bonds. The fraction of sp³-hybridized carbons (Fsp3) is 0.250. The summed E-state index contributed by atoms with van der Waals surface area (Å²) in [5, 5.41) is 1.09. The molecule has 16 heavy (non-hydrogen) atoms. The van der Waals surface area contributed by atoms with Gasteiger partial charge in [0.25, 0.3) is 0 Å². The van der Waals surface area contributed by atoms with E-state index in [9.17, 15) is 4.21 Å². The molecule has 0 bridgehead atoms. The number of aromatic nitrogens is 1. The summed E-state index contributed by atoms with van der Waals surface area (Å²) in [6, 6.07) is 9.88. The Morgan fingerprint density at radius 2 is 2.06 bits per heavy atom. The second-order valence-corrected chi connectivity index (χ2v) is 5.15. The van der Waals surface area contributed by atoms with Gasteiger partial charge in [-0.2, -0.15) is 0 Å². The average Bonchev–Trinajstić information content (AvgIpc) is 2.30. The third-order valence-electron chi connectivity index (χ3n) is 2.38. The van der Waals surface area contributed by atoms with Gasteiger partial charge in [-0.25, -0.2) is 0 Å². The largest absolute Gasteiger partial charge is 0.330 e. The molecule has 0 saturated heterocycles. The number of pyridine rings is 1. The summed E-state index contributed by atoms with van der Waals surface area (Å²) in [6.45, 7) is 0.463. The molecule has 0 radical (unpaired) electrons. The van der Waals surface area contributed by atoms with Crippen molar-refractivity contribution in [1.82, 2.24) is 4.98 Å². The van der Waals surface area contributed by atoms with E-state index in [1.165, 1.54) is 0 Å². The first kappa shape index (κ1) is 11.2. The van der Waals surface area contributed by atoms with Gasteiger partial charge in [-0.05, 0) is 11.6 Å². The van der Waals surface area contributed by atoms with Gasteiger partial charge in [0.05, 0.1) is 11.3 Å². The minimum atomic E-state index is -0.892. The molecule has 1 atom stereocenters. The van der Waals surface area contributed by atoms with Crippen LogP contribution in [0, 0.1) is 0 Å². The van der Waals surface area contributed by atoms with Crippen LogP contribution in [0.25, 0.3) is 10.9 Å². The van der Waals surface area contributed by atoms with E-state index in [0.717, 1.165) is 16.5 Å². The monoisotopic (exact) mass is 234 g/mol. The van der Waals surface area contributed by atoms with Crippen molar-refractivity contribution in [1.29, 1.82) is 0 Å². The number of nitrogens with zero attached hydrogens (tertiary/aromatic N) is 1. The maximum Gasteiger partial charge on any atom is 0.0743 e. The number of hydrogen-bond acceptors (Lipinski definition) is 3. The molecular weight excluding hydrogens is 220 g/mol. The number of nitrogens with two attached hydrogens (primary N) is 1. The van der Waals surface area contributed by atoms with E-state index in [1.807, 2.05) is 30.3 Å². The Bertz CT molecular complexity index is 508. The standard InChI is InChI=1S/C12H14N2OS/c13-6-8-16(15)9-11-4-1-3-10-5-2-7-14-12(10)11/h1-5,7H,6,8-9,13H2. The molecule has 1 aromatic carbocycles. The lowest BCUT2D eigenvalue weighted by molar-refractivity contribution is 0.682. The van der Waals surface area contributed by atoms with Gasteiger partial charge in [0, 0.05) is 34.7 Å². The van der Waals surface area contributed by atoms with Crippen LogP contribution in [-0.2, 0) is 16.6 Å². The Morgan fingerprint density at radius 3 is 2.88 bits per heavy atom. The molecule has 0 spiro atoms. The van der Waals surface area contributed by atoms with E-state index in [-0.39, 0.29) is 0 Å². The van der Waals surface area contributed by atoms with Crippen molar-refractivity contribution >= 4 is 21.7 Å². The van der Waals surface area contributed by atoms with Crippen LogP contribution >= 0.6 is 0 Å². The second kappa shape index (κ2) is 5.18. The lowest BCUT2D eigenvalue weighted by Crippen LogP contribution is -2.11. The van der Waals surface area contributed by atoms with E-state index in [2.05, 4.69) is 4.98 Å². The van der Waals surface area contributed by atoms with Crippen LogP contribution in [0.3, 0.4) is 0 Å². The van der Waals surface area contributed by atoms with Crippen molar-refractivity contribution in [2.75, 3.05) is 12.3 Å². The number of para-hydroxylation sites is 1. The summed E-state index contributed by atoms with van der Waals surface area (Å²) in [5.74, 6) is 1.08. The molecule has 84 valence electrons. The molecule has 0 aliphatic heterocycles. The third kappa shape index (κ3) is 2.46. The Balaban J connectivity index is 2.33. The number of hydrogen-bond donors (Lipinski definition) is 1. The summed E-state index contributed by atoms with van der Waals surface area (Å²) in [7, 11) is -0.892. The minimum absolute atomic E-state index is 0.463. The molecule has 1 unspecified atom stereocenters. The Hall–Kier alpha value is -1.26. The fourth-order valence-corrected chi connectivity index (χ4v) is 2.65. The summed E-state index contributed by atoms with van der Waals surface area (Å²) < 4.78 is 11.7. The molecule has 3 nitrogen and oxygen atoms in total. The molecule has 2 aromatic rings. The first-order valence-electron chi connectivity index (χ1n) is 5.19. The van der Waals surface area contributed by atoms with Gasteiger partial charge in [0.1, 0.15) is 0 Å².